The summed E-state index contributed by atoms with van der Waals surface area (Å²) in [6.45, 7) is 4.51. The van der Waals surface area contributed by atoms with Gasteiger partial charge in [-0.15, -0.1) is 0 Å². The van der Waals surface area contributed by atoms with Crippen LogP contribution < -0.4 is 4.90 Å². The summed E-state index contributed by atoms with van der Waals surface area (Å²) in [6.07, 6.45) is 3.40. The van der Waals surface area contributed by atoms with Crippen molar-refractivity contribution in [3.8, 4) is 0 Å². The number of benzene rings is 3. The van der Waals surface area contributed by atoms with Crippen molar-refractivity contribution in [1.29, 1.82) is 0 Å². The second-order valence-electron chi connectivity index (χ2n) is 9.75. The van der Waals surface area contributed by atoms with Crippen molar-refractivity contribution in [2.24, 2.45) is 0 Å². The van der Waals surface area contributed by atoms with Crippen LogP contribution in [0.2, 0.25) is 0 Å². The molecule has 36 heavy (non-hydrogen) atoms. The Morgan fingerprint density at radius 1 is 0.833 bits per heavy atom. The summed E-state index contributed by atoms with van der Waals surface area (Å²) >= 11 is -0.0775. The van der Waals surface area contributed by atoms with Crippen LogP contribution in [0.25, 0.3) is 17.0 Å². The van der Waals surface area contributed by atoms with Gasteiger partial charge in [0.2, 0.25) is 0 Å². The first-order chi connectivity index (χ1) is 17.4. The number of allylic oxidation sites excluding steroid dienone is 1. The quantitative estimate of drug-likeness (QED) is 0.138. The van der Waals surface area contributed by atoms with E-state index >= 15 is 0 Å². The van der Waals surface area contributed by atoms with E-state index in [9.17, 15) is 9.59 Å². The van der Waals surface area contributed by atoms with Gasteiger partial charge in [0.25, 0.3) is 0 Å². The van der Waals surface area contributed by atoms with Gasteiger partial charge in [0, 0.05) is 0 Å². The second kappa shape index (κ2) is 7.54. The summed E-state index contributed by atoms with van der Waals surface area (Å²) in [5, 5.41) is 0.829. The molecule has 0 amide bonds. The fourth-order valence-corrected chi connectivity index (χ4v) is 8.14. The second-order valence-corrected chi connectivity index (χ2v) is 12.0. The zero-order valence-electron chi connectivity index (χ0n) is 19.7. The zero-order chi connectivity index (χ0) is 24.6. The number of ketones is 2. The number of nitrogens with zero attached hydrogens (tertiary/aromatic N) is 1. The number of carbonyl (C=O) groups is 2. The summed E-state index contributed by atoms with van der Waals surface area (Å²) in [7, 11) is 0. The number of hydrogen-bond acceptors (Lipinski definition) is 4. The molecule has 5 aromatic rings. The van der Waals surface area contributed by atoms with Crippen molar-refractivity contribution in [1.82, 2.24) is 0 Å². The third-order valence-electron chi connectivity index (χ3n) is 7.30. The number of hydrogen-bond donors (Lipinski definition) is 0. The van der Waals surface area contributed by atoms with E-state index in [1.54, 1.807) is 18.4 Å². The monoisotopic (exact) mass is 535 g/mol. The van der Waals surface area contributed by atoms with Crippen LogP contribution in [-0.2, 0) is 5.41 Å². The van der Waals surface area contributed by atoms with Crippen LogP contribution in [0.4, 0.5) is 15.9 Å². The van der Waals surface area contributed by atoms with Gasteiger partial charge in [0.05, 0.1) is 0 Å². The molecule has 1 aliphatic carbocycles. The van der Waals surface area contributed by atoms with E-state index in [1.165, 1.54) is 21.4 Å². The molecule has 2 aliphatic rings. The minimum atomic E-state index is -0.225. The van der Waals surface area contributed by atoms with Crippen LogP contribution in [0.1, 0.15) is 50.1 Å². The van der Waals surface area contributed by atoms with E-state index in [2.05, 4.69) is 73.3 Å². The zero-order valence-corrected chi connectivity index (χ0v) is 21.5. The average molecular weight is 534 g/mol. The summed E-state index contributed by atoms with van der Waals surface area (Å²) in [4.78, 5) is 28.9. The van der Waals surface area contributed by atoms with E-state index in [4.69, 9.17) is 4.42 Å². The van der Waals surface area contributed by atoms with E-state index in [-0.39, 0.29) is 37.1 Å². The van der Waals surface area contributed by atoms with Crippen LogP contribution in [-0.4, -0.2) is 26.1 Å². The molecule has 0 bridgehead atoms. The molecule has 0 saturated heterocycles. The van der Waals surface area contributed by atoms with Crippen LogP contribution in [0.5, 0.6) is 0 Å². The van der Waals surface area contributed by atoms with Gasteiger partial charge in [-0.3, -0.25) is 0 Å². The van der Waals surface area contributed by atoms with E-state index in [0.29, 0.717) is 16.7 Å². The summed E-state index contributed by atoms with van der Waals surface area (Å²) in [5.74, 6) is -0.431. The molecule has 3 aromatic carbocycles. The van der Waals surface area contributed by atoms with E-state index in [1.807, 2.05) is 18.2 Å². The third kappa shape index (κ3) is 2.94. The normalized spacial score (nSPS) is 16.9. The standard InChI is InChI=1S/C31H21NO3Se/c1-31(2)24-10-6-7-11-26(24)32(19-8-4-3-5-9-19)30-25(31)16-20(36-30)15-23-28(33)21-14-18-12-13-35-27(18)17-22(21)29(23)34/h3-17H,1-2H3/b23-15-. The van der Waals surface area contributed by atoms with Gasteiger partial charge in [0.15, 0.2) is 0 Å². The van der Waals surface area contributed by atoms with Crippen molar-refractivity contribution in [3.63, 3.8) is 0 Å². The summed E-state index contributed by atoms with van der Waals surface area (Å²) in [6, 6.07) is 26.4. The molecule has 0 unspecified atom stereocenters. The molecule has 0 N–H and O–H groups in total. The number of fused-ring (bicyclic) bond motifs is 4. The molecule has 0 atom stereocenters. The number of anilines is 3. The molecule has 0 spiro atoms. The molecule has 0 saturated carbocycles. The predicted molar refractivity (Wildman–Crippen MR) is 143 cm³/mol. The van der Waals surface area contributed by atoms with Crippen LogP contribution in [0, 0.1) is 0 Å². The Morgan fingerprint density at radius 3 is 2.36 bits per heavy atom. The van der Waals surface area contributed by atoms with Crippen LogP contribution in [0.3, 0.4) is 0 Å². The van der Waals surface area contributed by atoms with Crippen molar-refractivity contribution >= 4 is 59.1 Å². The third-order valence-corrected chi connectivity index (χ3v) is 9.54. The minimum absolute atomic E-state index is 0.0775. The van der Waals surface area contributed by atoms with Crippen molar-refractivity contribution < 1.29 is 14.0 Å². The molecule has 4 nitrogen and oxygen atoms in total. The molecular weight excluding hydrogens is 513 g/mol. The van der Waals surface area contributed by atoms with Gasteiger partial charge in [-0.2, -0.15) is 0 Å². The van der Waals surface area contributed by atoms with Gasteiger partial charge in [-0.25, -0.2) is 0 Å². The SMILES string of the molecule is CC1(C)c2ccccc2N(c2ccccc2)c2[se]c(/C=C3/C(=O)c4cc5ccoc5cc4C3=O)cc21. The number of rotatable bonds is 2. The van der Waals surface area contributed by atoms with Gasteiger partial charge in [0.1, 0.15) is 0 Å². The first-order valence-electron chi connectivity index (χ1n) is 11.8. The van der Waals surface area contributed by atoms with Gasteiger partial charge < -0.3 is 0 Å². The van der Waals surface area contributed by atoms with Gasteiger partial charge in [-0.1, -0.05) is 0 Å². The van der Waals surface area contributed by atoms with Crippen molar-refractivity contribution in [2.75, 3.05) is 4.90 Å². The van der Waals surface area contributed by atoms with Crippen LogP contribution in [0.15, 0.2) is 95.1 Å². The summed E-state index contributed by atoms with van der Waals surface area (Å²) < 4.78 is 7.74. The van der Waals surface area contributed by atoms with Crippen molar-refractivity contribution in [3.05, 3.63) is 117 Å². The predicted octanol–water partition coefficient (Wildman–Crippen LogP) is 7.06. The summed E-state index contributed by atoms with van der Waals surface area (Å²) in [5.41, 5.74) is 6.35. The van der Waals surface area contributed by atoms with E-state index in [0.717, 1.165) is 15.5 Å². The fourth-order valence-electron chi connectivity index (χ4n) is 5.42. The topological polar surface area (TPSA) is 50.5 Å². The molecule has 5 heteroatoms. The van der Waals surface area contributed by atoms with Crippen LogP contribution >= 0.6 is 0 Å². The van der Waals surface area contributed by atoms with Crippen molar-refractivity contribution in [2.45, 2.75) is 19.3 Å². The Labute approximate surface area is 214 Å². The molecular formula is C31H21NO3Se. The maximum absolute atomic E-state index is 13.3. The Hall–Kier alpha value is -3.92. The number of Topliss-reactive ketones (excluding diaryl/α,β-unsaturated/α-hetero) is 2. The molecule has 0 fully saturated rings. The first kappa shape index (κ1) is 21.4. The Balaban J connectivity index is 1.39. The Bertz CT molecular complexity index is 1700. The Morgan fingerprint density at radius 2 is 1.56 bits per heavy atom. The number of carbonyl (C=O) groups excluding carboxylic acids is 2. The Kier molecular flexibility index (Phi) is 4.47. The number of furan rings is 1. The molecule has 7 rings (SSSR count). The molecule has 0 radical (unpaired) electrons. The first-order valence-corrected chi connectivity index (χ1v) is 13.6. The number of para-hydroxylation sites is 2. The molecule has 1 aliphatic heterocycles. The molecule has 174 valence electrons. The fraction of sp³-hybridized carbons (Fsp3) is 0.0968. The molecule has 2 aromatic heterocycles. The molecule has 3 heterocycles. The van der Waals surface area contributed by atoms with E-state index < -0.39 is 0 Å². The maximum atomic E-state index is 13.3. The average Bonchev–Trinajstić information content (AvgIpc) is 3.58. The van der Waals surface area contributed by atoms with Gasteiger partial charge in [-0.05, 0) is 0 Å². The van der Waals surface area contributed by atoms with Gasteiger partial charge >= 0.3 is 215 Å².